The highest BCUT2D eigenvalue weighted by atomic mass is 16.3. The molecule has 0 aromatic heterocycles. The number of aliphatic hydroxyl groups excluding tert-OH is 1. The lowest BCUT2D eigenvalue weighted by Gasteiger charge is -2.35. The first-order chi connectivity index (χ1) is 12.1. The lowest BCUT2D eigenvalue weighted by atomic mass is 9.72. The Morgan fingerprint density at radius 2 is 1.37 bits per heavy atom. The van der Waals surface area contributed by atoms with E-state index >= 15 is 0 Å². The summed E-state index contributed by atoms with van der Waals surface area (Å²) < 4.78 is 0. The van der Waals surface area contributed by atoms with E-state index in [1.807, 2.05) is 12.1 Å². The lowest BCUT2D eigenvalue weighted by Crippen LogP contribution is -2.22. The van der Waals surface area contributed by atoms with Gasteiger partial charge in [0.2, 0.25) is 0 Å². The van der Waals surface area contributed by atoms with Crippen LogP contribution in [0.1, 0.15) is 84.6 Å². The number of rotatable bonds is 0. The average molecular weight is 365 g/mol. The third kappa shape index (κ3) is 3.29. The molecule has 2 nitrogen and oxygen atoms in total. The topological polar surface area (TPSA) is 43.3 Å². The Bertz CT molecular complexity index is 942. The number of benzene rings is 2. The van der Waals surface area contributed by atoms with Gasteiger partial charge in [0, 0.05) is 5.56 Å². The summed E-state index contributed by atoms with van der Waals surface area (Å²) in [6, 6.07) is 6.13. The van der Waals surface area contributed by atoms with Crippen LogP contribution >= 0.6 is 0 Å². The average Bonchev–Trinajstić information content (AvgIpc) is 2.49. The van der Waals surface area contributed by atoms with Crippen molar-refractivity contribution in [3.8, 4) is 5.75 Å². The molecule has 0 atom stereocenters. The molecule has 0 saturated heterocycles. The van der Waals surface area contributed by atoms with Gasteiger partial charge in [0.05, 0.1) is 0 Å². The van der Waals surface area contributed by atoms with Crippen molar-refractivity contribution in [2.75, 3.05) is 0 Å². The summed E-state index contributed by atoms with van der Waals surface area (Å²) in [5.41, 5.74) is 4.10. The molecule has 0 unspecified atom stereocenters. The maximum atomic E-state index is 13.4. The van der Waals surface area contributed by atoms with Crippen molar-refractivity contribution in [3.05, 3.63) is 52.1 Å². The minimum Gasteiger partial charge on any atom is -0.872 e. The summed E-state index contributed by atoms with van der Waals surface area (Å²) in [6.07, 6.45) is 2.37. The molecule has 1 aliphatic rings. The molecular formula is C25H32O2-. The van der Waals surface area contributed by atoms with Gasteiger partial charge in [0.15, 0.2) is 0 Å². The van der Waals surface area contributed by atoms with Gasteiger partial charge in [-0.25, -0.2) is 0 Å². The third-order valence-electron chi connectivity index (χ3n) is 5.51. The zero-order valence-electron chi connectivity index (χ0n) is 18.2. The molecule has 0 amide bonds. The molecule has 0 bridgehead atoms. The van der Waals surface area contributed by atoms with Gasteiger partial charge in [-0.3, -0.25) is 0 Å². The SMILES string of the molecule is CC(C)(C)C1=Cc2cc(C(C)(C)C)c([O-])c3cc(C(C)(C)C)cc(c23)[C]1O. The lowest BCUT2D eigenvalue weighted by molar-refractivity contribution is -0.267. The minimum atomic E-state index is -0.237. The van der Waals surface area contributed by atoms with Crippen LogP contribution in [0, 0.1) is 11.5 Å². The van der Waals surface area contributed by atoms with Gasteiger partial charge in [-0.2, -0.15) is 0 Å². The molecule has 27 heavy (non-hydrogen) atoms. The predicted molar refractivity (Wildman–Crippen MR) is 113 cm³/mol. The van der Waals surface area contributed by atoms with Crippen molar-refractivity contribution in [1.29, 1.82) is 0 Å². The summed E-state index contributed by atoms with van der Waals surface area (Å²) in [7, 11) is 0. The zero-order chi connectivity index (χ0) is 20.5. The van der Waals surface area contributed by atoms with Crippen molar-refractivity contribution < 1.29 is 10.2 Å². The van der Waals surface area contributed by atoms with Crippen LogP contribution in [0.3, 0.4) is 0 Å². The van der Waals surface area contributed by atoms with Gasteiger partial charge in [-0.15, -0.1) is 0 Å². The number of aliphatic hydroxyl groups is 1. The van der Waals surface area contributed by atoms with E-state index in [4.69, 9.17) is 0 Å². The van der Waals surface area contributed by atoms with Gasteiger partial charge < -0.3 is 10.2 Å². The summed E-state index contributed by atoms with van der Waals surface area (Å²) in [5.74, 6) is 0.0778. The summed E-state index contributed by atoms with van der Waals surface area (Å²) in [4.78, 5) is 0. The van der Waals surface area contributed by atoms with E-state index in [2.05, 4.69) is 74.5 Å². The van der Waals surface area contributed by atoms with Gasteiger partial charge in [-0.1, -0.05) is 92.3 Å². The Morgan fingerprint density at radius 3 is 1.85 bits per heavy atom. The molecule has 0 heterocycles. The molecular weight excluding hydrogens is 332 g/mol. The highest BCUT2D eigenvalue weighted by Crippen LogP contribution is 2.48. The van der Waals surface area contributed by atoms with E-state index < -0.39 is 0 Å². The standard InChI is InChI=1S/C25H33O2/c1-23(2,3)15-12-16-20-14(10-18(21(16)26)24(4,5)6)11-19(25(7,8)9)22(27)17(20)13-15/h10-13,26-27H,1-9H3/p-1. The fraction of sp³-hybridized carbons (Fsp3) is 0.480. The van der Waals surface area contributed by atoms with Crippen molar-refractivity contribution in [2.24, 2.45) is 5.41 Å². The Balaban J connectivity index is 2.50. The first-order valence-electron chi connectivity index (χ1n) is 9.74. The van der Waals surface area contributed by atoms with Crippen LogP contribution in [0.5, 0.6) is 5.75 Å². The van der Waals surface area contributed by atoms with Crippen molar-refractivity contribution in [1.82, 2.24) is 0 Å². The molecule has 1 aliphatic carbocycles. The fourth-order valence-electron chi connectivity index (χ4n) is 3.80. The van der Waals surface area contributed by atoms with Crippen LogP contribution in [-0.4, -0.2) is 5.11 Å². The first kappa shape index (κ1) is 19.9. The van der Waals surface area contributed by atoms with Crippen LogP contribution in [-0.2, 0) is 10.8 Å². The molecule has 3 rings (SSSR count). The van der Waals surface area contributed by atoms with Gasteiger partial charge in [0.1, 0.15) is 6.10 Å². The molecule has 0 saturated carbocycles. The minimum absolute atomic E-state index is 0.0778. The normalized spacial score (nSPS) is 16.0. The highest BCUT2D eigenvalue weighted by molar-refractivity contribution is 6.02. The Kier molecular flexibility index (Phi) is 4.32. The van der Waals surface area contributed by atoms with E-state index in [1.165, 1.54) is 0 Å². The van der Waals surface area contributed by atoms with E-state index in [0.717, 1.165) is 38.6 Å². The monoisotopic (exact) mass is 364 g/mol. The zero-order valence-corrected chi connectivity index (χ0v) is 18.2. The molecule has 2 aromatic rings. The second-order valence-electron chi connectivity index (χ2n) is 10.9. The molecule has 0 fully saturated rings. The molecule has 2 aromatic carbocycles. The smallest absolute Gasteiger partial charge is 0.149 e. The van der Waals surface area contributed by atoms with Crippen LogP contribution in [0.2, 0.25) is 0 Å². The first-order valence-corrected chi connectivity index (χ1v) is 9.74. The second-order valence-corrected chi connectivity index (χ2v) is 10.9. The Morgan fingerprint density at radius 1 is 0.778 bits per heavy atom. The van der Waals surface area contributed by atoms with E-state index in [0.29, 0.717) is 6.10 Å². The third-order valence-corrected chi connectivity index (χ3v) is 5.51. The molecule has 0 aliphatic heterocycles. The largest absolute Gasteiger partial charge is 0.872 e. The fourth-order valence-corrected chi connectivity index (χ4v) is 3.80. The molecule has 1 N–H and O–H groups in total. The van der Waals surface area contributed by atoms with Gasteiger partial charge in [-0.05, 0) is 49.3 Å². The molecule has 145 valence electrons. The van der Waals surface area contributed by atoms with E-state index in [-0.39, 0.29) is 22.0 Å². The Hall–Kier alpha value is -1.80. The van der Waals surface area contributed by atoms with Crippen molar-refractivity contribution in [2.45, 2.75) is 73.1 Å². The number of hydrogen-bond acceptors (Lipinski definition) is 2. The van der Waals surface area contributed by atoms with Gasteiger partial charge in [0.25, 0.3) is 0 Å². The van der Waals surface area contributed by atoms with Crippen LogP contribution in [0.4, 0.5) is 0 Å². The van der Waals surface area contributed by atoms with E-state index in [1.54, 1.807) is 0 Å². The quantitative estimate of drug-likeness (QED) is 0.604. The van der Waals surface area contributed by atoms with Crippen molar-refractivity contribution in [3.63, 3.8) is 0 Å². The van der Waals surface area contributed by atoms with Crippen LogP contribution in [0.25, 0.3) is 16.8 Å². The maximum Gasteiger partial charge on any atom is 0.149 e. The maximum absolute atomic E-state index is 13.4. The summed E-state index contributed by atoms with van der Waals surface area (Å²) in [5, 5.41) is 26.1. The van der Waals surface area contributed by atoms with Crippen LogP contribution < -0.4 is 5.11 Å². The highest BCUT2D eigenvalue weighted by Gasteiger charge is 2.33. The Labute approximate surface area is 163 Å². The van der Waals surface area contributed by atoms with Crippen molar-refractivity contribution >= 4 is 16.8 Å². The second kappa shape index (κ2) is 5.85. The molecule has 1 radical (unpaired) electrons. The summed E-state index contributed by atoms with van der Waals surface area (Å²) in [6.45, 7) is 19.0. The predicted octanol–water partition coefficient (Wildman–Crippen LogP) is 6.20. The van der Waals surface area contributed by atoms with Crippen LogP contribution in [0.15, 0.2) is 23.8 Å². The molecule has 0 spiro atoms. The number of hydrogen-bond donors (Lipinski definition) is 1. The molecule has 2 heteroatoms. The van der Waals surface area contributed by atoms with Gasteiger partial charge >= 0.3 is 0 Å². The summed E-state index contributed by atoms with van der Waals surface area (Å²) >= 11 is 0. The van der Waals surface area contributed by atoms with E-state index in [9.17, 15) is 10.2 Å².